The van der Waals surface area contributed by atoms with Crippen molar-refractivity contribution in [3.63, 3.8) is 0 Å². The van der Waals surface area contributed by atoms with Crippen LogP contribution in [0.25, 0.3) is 0 Å². The van der Waals surface area contributed by atoms with Gasteiger partial charge in [-0.3, -0.25) is 4.98 Å². The molecule has 84 valence electrons. The molecule has 0 aliphatic rings. The smallest absolute Gasteiger partial charge is 0.0897 e. The van der Waals surface area contributed by atoms with Crippen LogP contribution in [-0.4, -0.2) is 16.5 Å². The first-order valence-electron chi connectivity index (χ1n) is 5.31. The third kappa shape index (κ3) is 2.79. The van der Waals surface area contributed by atoms with Crippen LogP contribution in [0, 0.1) is 13.8 Å². The van der Waals surface area contributed by atoms with Gasteiger partial charge in [-0.15, -0.1) is 11.3 Å². The summed E-state index contributed by atoms with van der Waals surface area (Å²) in [5, 5.41) is 6.65. The van der Waals surface area contributed by atoms with Crippen molar-refractivity contribution in [1.82, 2.24) is 9.97 Å². The Kier molecular flexibility index (Phi) is 3.51. The van der Waals surface area contributed by atoms with Crippen molar-refractivity contribution in [2.75, 3.05) is 11.9 Å². The molecule has 0 spiro atoms. The minimum atomic E-state index is 0.911. The van der Waals surface area contributed by atoms with Crippen LogP contribution in [0.2, 0.25) is 0 Å². The minimum absolute atomic E-state index is 0.911. The Labute approximate surface area is 99.6 Å². The second-order valence-corrected chi connectivity index (χ2v) is 4.79. The van der Waals surface area contributed by atoms with Crippen LogP contribution >= 0.6 is 11.3 Å². The summed E-state index contributed by atoms with van der Waals surface area (Å²) in [6.07, 6.45) is 4.64. The monoisotopic (exact) mass is 233 g/mol. The van der Waals surface area contributed by atoms with Crippen molar-refractivity contribution in [3.05, 3.63) is 40.1 Å². The van der Waals surface area contributed by atoms with Crippen molar-refractivity contribution >= 4 is 17.0 Å². The summed E-state index contributed by atoms with van der Waals surface area (Å²) < 4.78 is 0. The van der Waals surface area contributed by atoms with E-state index < -0.39 is 0 Å². The number of nitrogens with zero attached hydrogens (tertiary/aromatic N) is 2. The molecule has 0 bridgehead atoms. The average molecular weight is 233 g/mol. The number of aryl methyl sites for hydroxylation is 2. The molecule has 2 heterocycles. The highest BCUT2D eigenvalue weighted by atomic mass is 32.1. The van der Waals surface area contributed by atoms with Crippen LogP contribution in [0.4, 0.5) is 5.69 Å². The molecular weight excluding hydrogens is 218 g/mol. The zero-order chi connectivity index (χ0) is 11.4. The lowest BCUT2D eigenvalue weighted by Crippen LogP contribution is -2.06. The molecule has 1 N–H and O–H groups in total. The summed E-state index contributed by atoms with van der Waals surface area (Å²) in [5.41, 5.74) is 3.50. The number of aromatic nitrogens is 2. The van der Waals surface area contributed by atoms with Crippen LogP contribution in [-0.2, 0) is 6.42 Å². The molecule has 0 saturated heterocycles. The first-order valence-corrected chi connectivity index (χ1v) is 6.19. The van der Waals surface area contributed by atoms with Gasteiger partial charge in [0, 0.05) is 36.4 Å². The molecule has 16 heavy (non-hydrogen) atoms. The number of nitrogens with one attached hydrogen (secondary N) is 1. The van der Waals surface area contributed by atoms with E-state index in [-0.39, 0.29) is 0 Å². The van der Waals surface area contributed by atoms with Crippen molar-refractivity contribution < 1.29 is 0 Å². The maximum atomic E-state index is 4.43. The molecule has 4 heteroatoms. The Balaban J connectivity index is 1.87. The Bertz CT molecular complexity index is 465. The molecule has 0 fully saturated rings. The standard InChI is InChI=1S/C12H15N3S/c1-9-7-13-5-4-12(9)14-6-3-11-8-16-10(2)15-11/h4-5,7-8H,3,6H2,1-2H3,(H,13,14). The molecule has 2 aromatic rings. The lowest BCUT2D eigenvalue weighted by atomic mass is 10.2. The normalized spacial score (nSPS) is 10.4. The van der Waals surface area contributed by atoms with Gasteiger partial charge in [0.25, 0.3) is 0 Å². The number of hydrogen-bond acceptors (Lipinski definition) is 4. The Hall–Kier alpha value is -1.42. The lowest BCUT2D eigenvalue weighted by Gasteiger charge is -2.07. The third-order valence-corrected chi connectivity index (χ3v) is 3.21. The molecule has 0 aliphatic heterocycles. The van der Waals surface area contributed by atoms with Crippen LogP contribution < -0.4 is 5.32 Å². The van der Waals surface area contributed by atoms with Gasteiger partial charge in [0.2, 0.25) is 0 Å². The van der Waals surface area contributed by atoms with Crippen LogP contribution in [0.15, 0.2) is 23.8 Å². The van der Waals surface area contributed by atoms with Crippen LogP contribution in [0.1, 0.15) is 16.3 Å². The third-order valence-electron chi connectivity index (χ3n) is 2.38. The van der Waals surface area contributed by atoms with E-state index in [1.807, 2.05) is 25.4 Å². The van der Waals surface area contributed by atoms with Gasteiger partial charge in [-0.25, -0.2) is 4.98 Å². The van der Waals surface area contributed by atoms with Gasteiger partial charge in [-0.05, 0) is 25.5 Å². The van der Waals surface area contributed by atoms with Gasteiger partial charge >= 0.3 is 0 Å². The van der Waals surface area contributed by atoms with Gasteiger partial charge in [-0.1, -0.05) is 0 Å². The summed E-state index contributed by atoms with van der Waals surface area (Å²) in [7, 11) is 0. The summed E-state index contributed by atoms with van der Waals surface area (Å²) in [6, 6.07) is 2.00. The number of anilines is 1. The summed E-state index contributed by atoms with van der Waals surface area (Å²) in [4.78, 5) is 8.49. The predicted molar refractivity (Wildman–Crippen MR) is 68.0 cm³/mol. The Morgan fingerprint density at radius 3 is 2.94 bits per heavy atom. The van der Waals surface area contributed by atoms with Crippen LogP contribution in [0.3, 0.4) is 0 Å². The maximum Gasteiger partial charge on any atom is 0.0897 e. The second kappa shape index (κ2) is 5.07. The van der Waals surface area contributed by atoms with E-state index in [4.69, 9.17) is 0 Å². The van der Waals surface area contributed by atoms with E-state index in [2.05, 4.69) is 27.6 Å². The summed E-state index contributed by atoms with van der Waals surface area (Å²) in [6.45, 7) is 5.00. The first kappa shape index (κ1) is 11.1. The Morgan fingerprint density at radius 1 is 1.38 bits per heavy atom. The fourth-order valence-electron chi connectivity index (χ4n) is 1.52. The van der Waals surface area contributed by atoms with E-state index in [1.165, 1.54) is 11.3 Å². The maximum absolute atomic E-state index is 4.43. The number of pyridine rings is 1. The summed E-state index contributed by atoms with van der Waals surface area (Å²) in [5.74, 6) is 0. The van der Waals surface area contributed by atoms with Crippen molar-refractivity contribution in [3.8, 4) is 0 Å². The van der Waals surface area contributed by atoms with Gasteiger partial charge in [0.1, 0.15) is 0 Å². The van der Waals surface area contributed by atoms with E-state index in [9.17, 15) is 0 Å². The minimum Gasteiger partial charge on any atom is -0.384 e. The molecule has 0 aromatic carbocycles. The fraction of sp³-hybridized carbons (Fsp3) is 0.333. The largest absolute Gasteiger partial charge is 0.384 e. The highest BCUT2D eigenvalue weighted by Crippen LogP contribution is 2.12. The molecule has 0 atom stereocenters. The highest BCUT2D eigenvalue weighted by Gasteiger charge is 1.99. The quantitative estimate of drug-likeness (QED) is 0.882. The highest BCUT2D eigenvalue weighted by molar-refractivity contribution is 7.09. The molecule has 0 unspecified atom stereocenters. The first-order chi connectivity index (χ1) is 7.75. The van der Waals surface area contributed by atoms with Gasteiger partial charge in [0.05, 0.1) is 10.7 Å². The van der Waals surface area contributed by atoms with E-state index in [0.717, 1.165) is 23.7 Å². The number of thiazole rings is 1. The molecule has 0 aliphatic carbocycles. The summed E-state index contributed by atoms with van der Waals surface area (Å²) >= 11 is 1.70. The van der Waals surface area contributed by atoms with E-state index >= 15 is 0 Å². The average Bonchev–Trinajstić information content (AvgIpc) is 2.67. The fourth-order valence-corrected chi connectivity index (χ4v) is 2.17. The zero-order valence-electron chi connectivity index (χ0n) is 9.53. The van der Waals surface area contributed by atoms with E-state index in [0.29, 0.717) is 0 Å². The molecule has 0 radical (unpaired) electrons. The zero-order valence-corrected chi connectivity index (χ0v) is 10.3. The van der Waals surface area contributed by atoms with Crippen molar-refractivity contribution in [2.24, 2.45) is 0 Å². The van der Waals surface area contributed by atoms with Crippen molar-refractivity contribution in [1.29, 1.82) is 0 Å². The topological polar surface area (TPSA) is 37.8 Å². The second-order valence-electron chi connectivity index (χ2n) is 3.73. The number of rotatable bonds is 4. The Morgan fingerprint density at radius 2 is 2.25 bits per heavy atom. The molecule has 0 saturated carbocycles. The SMILES string of the molecule is Cc1nc(CCNc2ccncc2C)cs1. The van der Waals surface area contributed by atoms with Crippen molar-refractivity contribution in [2.45, 2.75) is 20.3 Å². The number of hydrogen-bond donors (Lipinski definition) is 1. The van der Waals surface area contributed by atoms with Crippen LogP contribution in [0.5, 0.6) is 0 Å². The molecular formula is C12H15N3S. The van der Waals surface area contributed by atoms with Gasteiger partial charge < -0.3 is 5.32 Å². The lowest BCUT2D eigenvalue weighted by molar-refractivity contribution is 0.965. The molecule has 0 amide bonds. The predicted octanol–water partition coefficient (Wildman–Crippen LogP) is 2.81. The van der Waals surface area contributed by atoms with Gasteiger partial charge in [0.15, 0.2) is 0 Å². The molecule has 2 aromatic heterocycles. The van der Waals surface area contributed by atoms with Gasteiger partial charge in [-0.2, -0.15) is 0 Å². The molecule has 3 nitrogen and oxygen atoms in total. The molecule has 2 rings (SSSR count). The van der Waals surface area contributed by atoms with E-state index in [1.54, 1.807) is 11.3 Å².